The molecule has 0 saturated heterocycles. The van der Waals surface area contributed by atoms with E-state index in [4.69, 9.17) is 4.74 Å². The summed E-state index contributed by atoms with van der Waals surface area (Å²) in [4.78, 5) is 0. The first-order valence-corrected chi connectivity index (χ1v) is 5.64. The number of hydrogen-bond donors (Lipinski definition) is 1. The molecule has 0 amide bonds. The number of nitrogens with one attached hydrogen (secondary N) is 1. The van der Waals surface area contributed by atoms with Gasteiger partial charge in [0.15, 0.2) is 0 Å². The first-order valence-electron chi connectivity index (χ1n) is 5.64. The fourth-order valence-electron chi connectivity index (χ4n) is 2.43. The van der Waals surface area contributed by atoms with Crippen molar-refractivity contribution in [1.82, 2.24) is 5.32 Å². The average Bonchev–Trinajstić information content (AvgIpc) is 2.43. The summed E-state index contributed by atoms with van der Waals surface area (Å²) in [5, 5.41) is 3.49. The first-order chi connectivity index (χ1) is 7.13. The van der Waals surface area contributed by atoms with E-state index in [-0.39, 0.29) is 6.10 Å². The summed E-state index contributed by atoms with van der Waals surface area (Å²) in [6, 6.07) is 4.71. The van der Waals surface area contributed by atoms with Crippen LogP contribution in [0, 0.1) is 13.8 Å². The Morgan fingerprint density at radius 1 is 1.33 bits per heavy atom. The van der Waals surface area contributed by atoms with Crippen LogP contribution in [0.5, 0.6) is 5.75 Å². The minimum Gasteiger partial charge on any atom is -0.488 e. The molecule has 2 heteroatoms. The van der Waals surface area contributed by atoms with Gasteiger partial charge in [-0.1, -0.05) is 13.0 Å². The normalized spacial score (nSPS) is 23.7. The predicted octanol–water partition coefficient (Wildman–Crippen LogP) is 2.73. The maximum Gasteiger partial charge on any atom is 0.125 e. The molecule has 82 valence electrons. The molecule has 0 aromatic heterocycles. The van der Waals surface area contributed by atoms with Crippen molar-refractivity contribution in [3.05, 3.63) is 28.8 Å². The van der Waals surface area contributed by atoms with Crippen molar-refractivity contribution in [2.24, 2.45) is 0 Å². The second-order valence-electron chi connectivity index (χ2n) is 4.35. The van der Waals surface area contributed by atoms with Gasteiger partial charge < -0.3 is 10.1 Å². The SMILES string of the molecule is CCNC1c2c(C)cc(C)cc2OC1C. The van der Waals surface area contributed by atoms with Crippen LogP contribution in [0.25, 0.3) is 0 Å². The summed E-state index contributed by atoms with van der Waals surface area (Å²) in [5.41, 5.74) is 3.95. The van der Waals surface area contributed by atoms with Gasteiger partial charge in [-0.15, -0.1) is 0 Å². The Labute approximate surface area is 91.6 Å². The summed E-state index contributed by atoms with van der Waals surface area (Å²) in [5.74, 6) is 1.06. The summed E-state index contributed by atoms with van der Waals surface area (Å²) >= 11 is 0. The minimum atomic E-state index is 0.237. The van der Waals surface area contributed by atoms with Crippen molar-refractivity contribution >= 4 is 0 Å². The van der Waals surface area contributed by atoms with E-state index in [0.29, 0.717) is 6.04 Å². The molecule has 2 rings (SSSR count). The molecule has 1 aromatic carbocycles. The molecule has 0 aliphatic carbocycles. The standard InChI is InChI=1S/C13H19NO/c1-5-14-13-10(4)15-11-7-8(2)6-9(3)12(11)13/h6-7,10,13-14H,5H2,1-4H3. The minimum absolute atomic E-state index is 0.237. The van der Waals surface area contributed by atoms with Crippen LogP contribution in [0.2, 0.25) is 0 Å². The third kappa shape index (κ3) is 1.74. The number of fused-ring (bicyclic) bond motifs is 1. The lowest BCUT2D eigenvalue weighted by Gasteiger charge is -2.16. The number of aryl methyl sites for hydroxylation is 2. The number of rotatable bonds is 2. The second-order valence-corrected chi connectivity index (χ2v) is 4.35. The van der Waals surface area contributed by atoms with Crippen LogP contribution in [0.15, 0.2) is 12.1 Å². The Morgan fingerprint density at radius 2 is 2.07 bits per heavy atom. The van der Waals surface area contributed by atoms with E-state index in [1.165, 1.54) is 16.7 Å². The molecule has 15 heavy (non-hydrogen) atoms. The molecule has 1 aliphatic rings. The highest BCUT2D eigenvalue weighted by Crippen LogP contribution is 2.39. The van der Waals surface area contributed by atoms with E-state index in [9.17, 15) is 0 Å². The van der Waals surface area contributed by atoms with E-state index in [1.807, 2.05) is 0 Å². The van der Waals surface area contributed by atoms with Gasteiger partial charge in [0.25, 0.3) is 0 Å². The van der Waals surface area contributed by atoms with E-state index >= 15 is 0 Å². The maximum absolute atomic E-state index is 5.87. The summed E-state index contributed by atoms with van der Waals surface area (Å²) < 4.78 is 5.87. The van der Waals surface area contributed by atoms with Crippen LogP contribution >= 0.6 is 0 Å². The molecule has 1 N–H and O–H groups in total. The third-order valence-electron chi connectivity index (χ3n) is 3.01. The van der Waals surface area contributed by atoms with Gasteiger partial charge in [-0.25, -0.2) is 0 Å². The molecule has 2 nitrogen and oxygen atoms in total. The first kappa shape index (κ1) is 10.5. The zero-order valence-electron chi connectivity index (χ0n) is 9.92. The highest BCUT2D eigenvalue weighted by molar-refractivity contribution is 5.48. The maximum atomic E-state index is 5.87. The largest absolute Gasteiger partial charge is 0.488 e. The van der Waals surface area contributed by atoms with E-state index in [1.54, 1.807) is 0 Å². The van der Waals surface area contributed by atoms with Crippen LogP contribution in [0.1, 0.15) is 36.6 Å². The van der Waals surface area contributed by atoms with Crippen molar-refractivity contribution in [3.8, 4) is 5.75 Å². The van der Waals surface area contributed by atoms with Crippen molar-refractivity contribution in [1.29, 1.82) is 0 Å². The molecule has 1 heterocycles. The quantitative estimate of drug-likeness (QED) is 0.801. The van der Waals surface area contributed by atoms with Gasteiger partial charge in [0.1, 0.15) is 11.9 Å². The number of ether oxygens (including phenoxy) is 1. The molecular weight excluding hydrogens is 186 g/mol. The van der Waals surface area contributed by atoms with Crippen LogP contribution in [0.3, 0.4) is 0 Å². The molecule has 2 unspecified atom stereocenters. The lowest BCUT2D eigenvalue weighted by atomic mass is 9.97. The van der Waals surface area contributed by atoms with Gasteiger partial charge in [0, 0.05) is 5.56 Å². The van der Waals surface area contributed by atoms with Gasteiger partial charge in [-0.3, -0.25) is 0 Å². The second kappa shape index (κ2) is 3.86. The van der Waals surface area contributed by atoms with Gasteiger partial charge >= 0.3 is 0 Å². The topological polar surface area (TPSA) is 21.3 Å². The van der Waals surface area contributed by atoms with Crippen molar-refractivity contribution in [2.45, 2.75) is 39.8 Å². The summed E-state index contributed by atoms with van der Waals surface area (Å²) in [6.45, 7) is 9.51. The molecule has 0 spiro atoms. The smallest absolute Gasteiger partial charge is 0.125 e. The zero-order chi connectivity index (χ0) is 11.0. The number of hydrogen-bond acceptors (Lipinski definition) is 2. The number of benzene rings is 1. The van der Waals surface area contributed by atoms with Gasteiger partial charge in [0.05, 0.1) is 6.04 Å². The Bertz CT molecular complexity index is 373. The van der Waals surface area contributed by atoms with Crippen LogP contribution < -0.4 is 10.1 Å². The molecule has 1 aliphatic heterocycles. The van der Waals surface area contributed by atoms with Gasteiger partial charge in [-0.05, 0) is 44.5 Å². The van der Waals surface area contributed by atoms with E-state index in [2.05, 4.69) is 45.1 Å². The monoisotopic (exact) mass is 205 g/mol. The van der Waals surface area contributed by atoms with Crippen molar-refractivity contribution in [2.75, 3.05) is 6.54 Å². The Morgan fingerprint density at radius 3 is 2.73 bits per heavy atom. The average molecular weight is 205 g/mol. The summed E-state index contributed by atoms with van der Waals surface area (Å²) in [6.07, 6.45) is 0.237. The lowest BCUT2D eigenvalue weighted by molar-refractivity contribution is 0.211. The van der Waals surface area contributed by atoms with Crippen LogP contribution in [-0.4, -0.2) is 12.6 Å². The highest BCUT2D eigenvalue weighted by atomic mass is 16.5. The Hall–Kier alpha value is -1.02. The van der Waals surface area contributed by atoms with Gasteiger partial charge in [-0.2, -0.15) is 0 Å². The van der Waals surface area contributed by atoms with Crippen molar-refractivity contribution < 1.29 is 4.74 Å². The van der Waals surface area contributed by atoms with E-state index in [0.717, 1.165) is 12.3 Å². The molecule has 0 saturated carbocycles. The highest BCUT2D eigenvalue weighted by Gasteiger charge is 2.31. The number of likely N-dealkylation sites (N-methyl/N-ethyl adjacent to an activating group) is 1. The Kier molecular flexibility index (Phi) is 2.70. The fraction of sp³-hybridized carbons (Fsp3) is 0.538. The molecule has 1 aromatic rings. The van der Waals surface area contributed by atoms with Crippen molar-refractivity contribution in [3.63, 3.8) is 0 Å². The van der Waals surface area contributed by atoms with Crippen LogP contribution in [-0.2, 0) is 0 Å². The molecule has 0 bridgehead atoms. The molecule has 0 radical (unpaired) electrons. The third-order valence-corrected chi connectivity index (χ3v) is 3.01. The summed E-state index contributed by atoms with van der Waals surface area (Å²) in [7, 11) is 0. The van der Waals surface area contributed by atoms with Gasteiger partial charge in [0.2, 0.25) is 0 Å². The molecule has 2 atom stereocenters. The molecular formula is C13H19NO. The molecule has 0 fully saturated rings. The Balaban J connectivity index is 2.43. The van der Waals surface area contributed by atoms with E-state index < -0.39 is 0 Å². The zero-order valence-corrected chi connectivity index (χ0v) is 9.92. The lowest BCUT2D eigenvalue weighted by Crippen LogP contribution is -2.28. The van der Waals surface area contributed by atoms with Crippen LogP contribution in [0.4, 0.5) is 0 Å². The predicted molar refractivity (Wildman–Crippen MR) is 62.4 cm³/mol. The fourth-order valence-corrected chi connectivity index (χ4v) is 2.43.